The summed E-state index contributed by atoms with van der Waals surface area (Å²) in [5, 5.41) is 7.70. The van der Waals surface area contributed by atoms with E-state index in [4.69, 9.17) is 0 Å². The van der Waals surface area contributed by atoms with Crippen LogP contribution in [-0.2, 0) is 13.5 Å². The predicted octanol–water partition coefficient (Wildman–Crippen LogP) is 1.45. The number of hydrogen-bond acceptors (Lipinski definition) is 3. The maximum atomic E-state index is 4.16. The van der Waals surface area contributed by atoms with Crippen molar-refractivity contribution in [3.63, 3.8) is 0 Å². The molecule has 0 aliphatic heterocycles. The molecule has 1 aliphatic rings. The second-order valence-corrected chi connectivity index (χ2v) is 5.53. The zero-order valence-electron chi connectivity index (χ0n) is 9.49. The summed E-state index contributed by atoms with van der Waals surface area (Å²) in [5.74, 6) is 0. The van der Waals surface area contributed by atoms with Gasteiger partial charge in [0.2, 0.25) is 0 Å². The van der Waals surface area contributed by atoms with Crippen LogP contribution < -0.4 is 5.32 Å². The van der Waals surface area contributed by atoms with Crippen molar-refractivity contribution in [3.8, 4) is 0 Å². The molecule has 0 atom stereocenters. The topological polar surface area (TPSA) is 29.9 Å². The molecule has 0 spiro atoms. The van der Waals surface area contributed by atoms with Crippen LogP contribution in [-0.4, -0.2) is 33.9 Å². The van der Waals surface area contributed by atoms with Crippen molar-refractivity contribution in [2.75, 3.05) is 19.3 Å². The molecular formula is C11H19N3S. The fourth-order valence-electron chi connectivity index (χ4n) is 1.77. The third kappa shape index (κ3) is 2.75. The molecule has 4 heteroatoms. The molecule has 2 rings (SSSR count). The van der Waals surface area contributed by atoms with E-state index in [-0.39, 0.29) is 0 Å². The van der Waals surface area contributed by atoms with E-state index < -0.39 is 0 Å². The summed E-state index contributed by atoms with van der Waals surface area (Å²) in [6, 6.07) is 2.09. The Hall–Kier alpha value is -0.480. The van der Waals surface area contributed by atoms with Crippen molar-refractivity contribution >= 4 is 11.8 Å². The van der Waals surface area contributed by atoms with Gasteiger partial charge >= 0.3 is 0 Å². The first-order valence-corrected chi connectivity index (χ1v) is 6.71. The number of rotatable bonds is 6. The number of nitrogens with one attached hydrogen (secondary N) is 1. The molecule has 1 saturated carbocycles. The maximum absolute atomic E-state index is 4.16. The van der Waals surface area contributed by atoms with Crippen LogP contribution in [0.3, 0.4) is 0 Å². The van der Waals surface area contributed by atoms with Gasteiger partial charge in [-0.1, -0.05) is 0 Å². The molecule has 0 bridgehead atoms. The van der Waals surface area contributed by atoms with Crippen LogP contribution >= 0.6 is 11.8 Å². The predicted molar refractivity (Wildman–Crippen MR) is 65.3 cm³/mol. The molecule has 1 aromatic heterocycles. The minimum Gasteiger partial charge on any atom is -0.315 e. The Labute approximate surface area is 95.6 Å². The lowest BCUT2D eigenvalue weighted by Gasteiger charge is -2.12. The third-order valence-electron chi connectivity index (χ3n) is 3.17. The van der Waals surface area contributed by atoms with Gasteiger partial charge in [0.15, 0.2) is 0 Å². The summed E-state index contributed by atoms with van der Waals surface area (Å²) in [5.41, 5.74) is 1.30. The second-order valence-electron chi connectivity index (χ2n) is 4.26. The first-order valence-electron chi connectivity index (χ1n) is 5.48. The number of aryl methyl sites for hydroxylation is 1. The maximum Gasteiger partial charge on any atom is 0.0492 e. The Bertz CT molecular complexity index is 317. The number of aromatic nitrogens is 2. The molecule has 0 saturated heterocycles. The molecule has 1 fully saturated rings. The second kappa shape index (κ2) is 4.58. The molecule has 0 radical (unpaired) electrons. The quantitative estimate of drug-likeness (QED) is 0.743. The molecule has 1 aliphatic carbocycles. The van der Waals surface area contributed by atoms with Crippen LogP contribution in [0.5, 0.6) is 0 Å². The summed E-state index contributed by atoms with van der Waals surface area (Å²) in [6.45, 7) is 2.22. The van der Waals surface area contributed by atoms with Crippen LogP contribution in [0.25, 0.3) is 0 Å². The molecule has 84 valence electrons. The van der Waals surface area contributed by atoms with Gasteiger partial charge in [-0.3, -0.25) is 4.68 Å². The van der Waals surface area contributed by atoms with E-state index in [1.165, 1.54) is 18.5 Å². The van der Waals surface area contributed by atoms with E-state index in [1.54, 1.807) is 0 Å². The first kappa shape index (κ1) is 11.0. The van der Waals surface area contributed by atoms with Crippen molar-refractivity contribution in [3.05, 3.63) is 18.0 Å². The van der Waals surface area contributed by atoms with Crippen molar-refractivity contribution < 1.29 is 0 Å². The first-order chi connectivity index (χ1) is 7.26. The Morgan fingerprint density at radius 1 is 1.60 bits per heavy atom. The zero-order valence-corrected chi connectivity index (χ0v) is 10.3. The molecule has 1 heterocycles. The van der Waals surface area contributed by atoms with Crippen LogP contribution in [0.4, 0.5) is 0 Å². The summed E-state index contributed by atoms with van der Waals surface area (Å²) in [4.78, 5) is 0. The number of thioether (sulfide) groups is 1. The average molecular weight is 225 g/mol. The van der Waals surface area contributed by atoms with Gasteiger partial charge < -0.3 is 5.32 Å². The van der Waals surface area contributed by atoms with Crippen molar-refractivity contribution in [2.24, 2.45) is 7.05 Å². The van der Waals surface area contributed by atoms with Crippen LogP contribution in [0, 0.1) is 0 Å². The van der Waals surface area contributed by atoms with E-state index >= 15 is 0 Å². The Kier molecular flexibility index (Phi) is 3.36. The Morgan fingerprint density at radius 2 is 2.40 bits per heavy atom. The SMILES string of the molecule is CSC1(CNCCc2ccnn2C)CC1. The molecule has 1 N–H and O–H groups in total. The number of nitrogens with zero attached hydrogens (tertiary/aromatic N) is 2. The Balaban J connectivity index is 1.65. The average Bonchev–Trinajstić information content (AvgIpc) is 2.92. The largest absolute Gasteiger partial charge is 0.315 e. The van der Waals surface area contributed by atoms with Gasteiger partial charge in [0.05, 0.1) is 0 Å². The Morgan fingerprint density at radius 3 is 2.93 bits per heavy atom. The molecule has 1 aromatic rings. The fourth-order valence-corrected chi connectivity index (χ4v) is 2.53. The summed E-state index contributed by atoms with van der Waals surface area (Å²) >= 11 is 2.01. The van der Waals surface area contributed by atoms with Crippen molar-refractivity contribution in [1.82, 2.24) is 15.1 Å². The van der Waals surface area contributed by atoms with Gasteiger partial charge in [-0.2, -0.15) is 16.9 Å². The molecule has 15 heavy (non-hydrogen) atoms. The highest BCUT2D eigenvalue weighted by molar-refractivity contribution is 8.00. The monoisotopic (exact) mass is 225 g/mol. The van der Waals surface area contributed by atoms with Gasteiger partial charge in [-0.05, 0) is 25.2 Å². The van der Waals surface area contributed by atoms with Gasteiger partial charge in [-0.15, -0.1) is 0 Å². The fraction of sp³-hybridized carbons (Fsp3) is 0.727. The van der Waals surface area contributed by atoms with Gasteiger partial charge in [0.25, 0.3) is 0 Å². The van der Waals surface area contributed by atoms with Gasteiger partial charge in [0, 0.05) is 43.2 Å². The van der Waals surface area contributed by atoms with Crippen LogP contribution in [0.15, 0.2) is 12.3 Å². The third-order valence-corrected chi connectivity index (χ3v) is 4.59. The highest BCUT2D eigenvalue weighted by Crippen LogP contribution is 2.46. The van der Waals surface area contributed by atoms with Crippen molar-refractivity contribution in [1.29, 1.82) is 0 Å². The van der Waals surface area contributed by atoms with E-state index in [0.29, 0.717) is 4.75 Å². The molecular weight excluding hydrogens is 206 g/mol. The van der Waals surface area contributed by atoms with Crippen LogP contribution in [0.2, 0.25) is 0 Å². The van der Waals surface area contributed by atoms with Crippen molar-refractivity contribution in [2.45, 2.75) is 24.0 Å². The summed E-state index contributed by atoms with van der Waals surface area (Å²) < 4.78 is 2.52. The lowest BCUT2D eigenvalue weighted by atomic mass is 10.3. The molecule has 3 nitrogen and oxygen atoms in total. The molecule has 0 unspecified atom stereocenters. The lowest BCUT2D eigenvalue weighted by Crippen LogP contribution is -2.28. The van der Waals surface area contributed by atoms with Gasteiger partial charge in [-0.25, -0.2) is 0 Å². The van der Waals surface area contributed by atoms with Crippen LogP contribution in [0.1, 0.15) is 18.5 Å². The highest BCUT2D eigenvalue weighted by atomic mass is 32.2. The summed E-state index contributed by atoms with van der Waals surface area (Å²) in [6.07, 6.45) is 7.91. The summed E-state index contributed by atoms with van der Waals surface area (Å²) in [7, 11) is 2.00. The normalized spacial score (nSPS) is 18.0. The smallest absolute Gasteiger partial charge is 0.0492 e. The minimum absolute atomic E-state index is 0.576. The van der Waals surface area contributed by atoms with Gasteiger partial charge in [0.1, 0.15) is 0 Å². The highest BCUT2D eigenvalue weighted by Gasteiger charge is 2.41. The molecule has 0 amide bonds. The number of hydrogen-bond donors (Lipinski definition) is 1. The van der Waals surface area contributed by atoms with E-state index in [9.17, 15) is 0 Å². The lowest BCUT2D eigenvalue weighted by molar-refractivity contribution is 0.629. The standard InChI is InChI=1S/C11H19N3S/c1-14-10(4-8-13-14)3-7-12-9-11(15-2)5-6-11/h4,8,12H,3,5-7,9H2,1-2H3. The van der Waals surface area contributed by atoms with E-state index in [2.05, 4.69) is 22.7 Å². The minimum atomic E-state index is 0.576. The molecule has 0 aromatic carbocycles. The van der Waals surface area contributed by atoms with E-state index in [0.717, 1.165) is 19.5 Å². The zero-order chi connectivity index (χ0) is 10.7. The van der Waals surface area contributed by atoms with E-state index in [1.807, 2.05) is 29.7 Å².